The molecule has 1 aromatic carbocycles. The number of hydrogen-bond acceptors (Lipinski definition) is 1. The van der Waals surface area contributed by atoms with Crippen molar-refractivity contribution in [1.29, 1.82) is 0 Å². The van der Waals surface area contributed by atoms with Gasteiger partial charge in [-0.1, -0.05) is 39.7 Å². The zero-order chi connectivity index (χ0) is 8.55. The first-order valence-corrected chi connectivity index (χ1v) is 4.65. The molecule has 1 nitrogen and oxygen atoms in total. The van der Waals surface area contributed by atoms with Gasteiger partial charge in [-0.2, -0.15) is 0 Å². The van der Waals surface area contributed by atoms with Gasteiger partial charge in [0.2, 0.25) is 0 Å². The van der Waals surface area contributed by atoms with Gasteiger partial charge in [0, 0.05) is 16.1 Å². The van der Waals surface area contributed by atoms with Gasteiger partial charge in [0.15, 0.2) is 0 Å². The minimum absolute atomic E-state index is 0.689. The molecule has 0 saturated heterocycles. The van der Waals surface area contributed by atoms with Crippen LogP contribution in [0.3, 0.4) is 0 Å². The van der Waals surface area contributed by atoms with E-state index >= 15 is 0 Å². The Labute approximate surface area is 83.5 Å². The van der Waals surface area contributed by atoms with Crippen LogP contribution in [0.15, 0.2) is 34.9 Å². The third-order valence-electron chi connectivity index (χ3n) is 1.67. The third-order valence-corrected chi connectivity index (χ3v) is 2.67. The molecular formula is C9H5BrClN. The Kier molecular flexibility index (Phi) is 2.03. The molecule has 0 fully saturated rings. The lowest BCUT2D eigenvalue weighted by Crippen LogP contribution is -1.79. The molecule has 2 rings (SSSR count). The Balaban J connectivity index is 2.94. The summed E-state index contributed by atoms with van der Waals surface area (Å²) in [5, 5.41) is 1.74. The number of halogens is 2. The van der Waals surface area contributed by atoms with Crippen molar-refractivity contribution in [3.63, 3.8) is 0 Å². The van der Waals surface area contributed by atoms with E-state index in [9.17, 15) is 0 Å². The number of benzene rings is 1. The van der Waals surface area contributed by atoms with E-state index in [1.54, 1.807) is 6.20 Å². The molecule has 2 aromatic rings. The van der Waals surface area contributed by atoms with E-state index in [0.717, 1.165) is 15.4 Å². The SMILES string of the molecule is Clc1cccc2c(Br)ccnc12. The molecule has 12 heavy (non-hydrogen) atoms. The number of rotatable bonds is 0. The van der Waals surface area contributed by atoms with Gasteiger partial charge in [0.1, 0.15) is 0 Å². The van der Waals surface area contributed by atoms with E-state index in [-0.39, 0.29) is 0 Å². The van der Waals surface area contributed by atoms with Crippen molar-refractivity contribution in [2.45, 2.75) is 0 Å². The van der Waals surface area contributed by atoms with Crippen LogP contribution in [0.2, 0.25) is 5.02 Å². The van der Waals surface area contributed by atoms with Gasteiger partial charge >= 0.3 is 0 Å². The number of para-hydroxylation sites is 1. The molecule has 1 aromatic heterocycles. The van der Waals surface area contributed by atoms with Crippen LogP contribution in [0, 0.1) is 0 Å². The first-order chi connectivity index (χ1) is 5.79. The Bertz CT molecular complexity index is 387. The number of nitrogens with zero attached hydrogens (tertiary/aromatic N) is 1. The van der Waals surface area contributed by atoms with E-state index < -0.39 is 0 Å². The molecule has 0 bridgehead atoms. The number of aromatic nitrogens is 1. The van der Waals surface area contributed by atoms with Gasteiger partial charge in [-0.3, -0.25) is 4.98 Å². The van der Waals surface area contributed by atoms with Crippen LogP contribution in [0.5, 0.6) is 0 Å². The van der Waals surface area contributed by atoms with E-state index in [2.05, 4.69) is 20.9 Å². The smallest absolute Gasteiger partial charge is 0.0899 e. The highest BCUT2D eigenvalue weighted by atomic mass is 79.9. The van der Waals surface area contributed by atoms with Crippen molar-refractivity contribution in [2.24, 2.45) is 0 Å². The highest BCUT2D eigenvalue weighted by Crippen LogP contribution is 2.26. The second-order valence-corrected chi connectivity index (χ2v) is 3.69. The Morgan fingerprint density at radius 1 is 1.25 bits per heavy atom. The maximum Gasteiger partial charge on any atom is 0.0899 e. The summed E-state index contributed by atoms with van der Waals surface area (Å²) in [6, 6.07) is 7.64. The Morgan fingerprint density at radius 2 is 2.08 bits per heavy atom. The molecule has 0 aliphatic rings. The summed E-state index contributed by atoms with van der Waals surface area (Å²) in [7, 11) is 0. The fourth-order valence-electron chi connectivity index (χ4n) is 1.11. The lowest BCUT2D eigenvalue weighted by molar-refractivity contribution is 1.40. The molecule has 0 radical (unpaired) electrons. The van der Waals surface area contributed by atoms with Crippen LogP contribution < -0.4 is 0 Å². The molecule has 3 heteroatoms. The van der Waals surface area contributed by atoms with E-state index in [1.807, 2.05) is 24.3 Å². The van der Waals surface area contributed by atoms with Crippen molar-refractivity contribution in [3.8, 4) is 0 Å². The van der Waals surface area contributed by atoms with E-state index in [4.69, 9.17) is 11.6 Å². The highest BCUT2D eigenvalue weighted by Gasteiger charge is 2.01. The van der Waals surface area contributed by atoms with E-state index in [0.29, 0.717) is 5.02 Å². The zero-order valence-corrected chi connectivity index (χ0v) is 8.43. The first kappa shape index (κ1) is 8.02. The topological polar surface area (TPSA) is 12.9 Å². The van der Waals surface area contributed by atoms with Crippen LogP contribution in [0.4, 0.5) is 0 Å². The van der Waals surface area contributed by atoms with Crippen molar-refractivity contribution < 1.29 is 0 Å². The molecule has 0 unspecified atom stereocenters. The Hall–Kier alpha value is -0.600. The minimum atomic E-state index is 0.689. The van der Waals surface area contributed by atoms with Crippen LogP contribution in [0.1, 0.15) is 0 Å². The average molecular weight is 243 g/mol. The molecule has 0 saturated carbocycles. The predicted octanol–water partition coefficient (Wildman–Crippen LogP) is 3.65. The summed E-state index contributed by atoms with van der Waals surface area (Å²) in [6.45, 7) is 0. The average Bonchev–Trinajstić information content (AvgIpc) is 2.07. The summed E-state index contributed by atoms with van der Waals surface area (Å²) in [5.41, 5.74) is 0.841. The second kappa shape index (κ2) is 3.04. The van der Waals surface area contributed by atoms with Gasteiger partial charge in [-0.25, -0.2) is 0 Å². The zero-order valence-electron chi connectivity index (χ0n) is 6.09. The minimum Gasteiger partial charge on any atom is -0.255 e. The van der Waals surface area contributed by atoms with Gasteiger partial charge < -0.3 is 0 Å². The fraction of sp³-hybridized carbons (Fsp3) is 0. The third kappa shape index (κ3) is 1.21. The summed E-state index contributed by atoms with van der Waals surface area (Å²) < 4.78 is 1.02. The van der Waals surface area contributed by atoms with Gasteiger partial charge in [0.05, 0.1) is 10.5 Å². The van der Waals surface area contributed by atoms with E-state index in [1.165, 1.54) is 0 Å². The first-order valence-electron chi connectivity index (χ1n) is 3.48. The lowest BCUT2D eigenvalue weighted by Gasteiger charge is -1.99. The maximum atomic E-state index is 5.95. The van der Waals surface area contributed by atoms with Crippen LogP contribution >= 0.6 is 27.5 Å². The monoisotopic (exact) mass is 241 g/mol. The van der Waals surface area contributed by atoms with Crippen molar-refractivity contribution in [1.82, 2.24) is 4.98 Å². The quantitative estimate of drug-likeness (QED) is 0.687. The van der Waals surface area contributed by atoms with Gasteiger partial charge in [-0.05, 0) is 12.1 Å². The fourth-order valence-corrected chi connectivity index (χ4v) is 1.77. The van der Waals surface area contributed by atoms with Crippen LogP contribution in [-0.2, 0) is 0 Å². The highest BCUT2D eigenvalue weighted by molar-refractivity contribution is 9.10. The standard InChI is InChI=1S/C9H5BrClN/c10-7-4-5-12-9-6(7)2-1-3-8(9)11/h1-5H. The predicted molar refractivity (Wildman–Crippen MR) is 54.5 cm³/mol. The van der Waals surface area contributed by atoms with Gasteiger partial charge in [0.25, 0.3) is 0 Å². The molecule has 0 aliphatic carbocycles. The molecule has 0 amide bonds. The lowest BCUT2D eigenvalue weighted by atomic mass is 10.2. The summed E-state index contributed by atoms with van der Waals surface area (Å²) >= 11 is 9.38. The number of fused-ring (bicyclic) bond motifs is 1. The number of hydrogen-bond donors (Lipinski definition) is 0. The number of pyridine rings is 1. The molecule has 0 N–H and O–H groups in total. The van der Waals surface area contributed by atoms with Gasteiger partial charge in [-0.15, -0.1) is 0 Å². The normalized spacial score (nSPS) is 10.5. The van der Waals surface area contributed by atoms with Crippen molar-refractivity contribution in [2.75, 3.05) is 0 Å². The van der Waals surface area contributed by atoms with Crippen LogP contribution in [0.25, 0.3) is 10.9 Å². The molecular weight excluding hydrogens is 237 g/mol. The Morgan fingerprint density at radius 3 is 2.83 bits per heavy atom. The second-order valence-electron chi connectivity index (χ2n) is 2.43. The summed E-state index contributed by atoms with van der Waals surface area (Å²) in [6.07, 6.45) is 1.73. The summed E-state index contributed by atoms with van der Waals surface area (Å²) in [5.74, 6) is 0. The molecule has 1 heterocycles. The van der Waals surface area contributed by atoms with Crippen molar-refractivity contribution in [3.05, 3.63) is 40.0 Å². The van der Waals surface area contributed by atoms with Crippen molar-refractivity contribution >= 4 is 38.4 Å². The van der Waals surface area contributed by atoms with Crippen LogP contribution in [-0.4, -0.2) is 4.98 Å². The molecule has 0 spiro atoms. The summed E-state index contributed by atoms with van der Waals surface area (Å²) in [4.78, 5) is 4.18. The largest absolute Gasteiger partial charge is 0.255 e. The molecule has 0 atom stereocenters. The molecule has 60 valence electrons. The maximum absolute atomic E-state index is 5.95. The molecule has 0 aliphatic heterocycles.